The minimum Gasteiger partial charge on any atom is -0.496 e. The number of unbranched alkanes of at least 4 members (excludes halogenated alkanes) is 10. The summed E-state index contributed by atoms with van der Waals surface area (Å²) in [5.74, 6) is 3.04. The molecule has 0 radical (unpaired) electrons. The topological polar surface area (TPSA) is 80.3 Å². The van der Waals surface area contributed by atoms with Crippen LogP contribution in [0.15, 0.2) is 111 Å². The highest BCUT2D eigenvalue weighted by atomic mass is 16.5. The summed E-state index contributed by atoms with van der Waals surface area (Å²) in [5, 5.41) is 1.21. The zero-order chi connectivity index (χ0) is 36.7. The van der Waals surface area contributed by atoms with Crippen LogP contribution in [0, 0.1) is 0 Å². The van der Waals surface area contributed by atoms with Gasteiger partial charge in [0.25, 0.3) is 0 Å². The van der Waals surface area contributed by atoms with E-state index in [4.69, 9.17) is 27.8 Å². The van der Waals surface area contributed by atoms with Crippen LogP contribution in [0.1, 0.15) is 87.5 Å². The average molecular weight is 717 g/mol. The van der Waals surface area contributed by atoms with Crippen LogP contribution in [0.4, 0.5) is 0 Å². The molecule has 2 heterocycles. The van der Waals surface area contributed by atoms with E-state index in [0.717, 1.165) is 49.0 Å². The number of aryl methyl sites for hydroxylation is 1. The third-order valence-corrected chi connectivity index (χ3v) is 9.74. The molecule has 0 spiro atoms. The maximum absolute atomic E-state index is 13.6. The number of benzene rings is 4. The highest BCUT2D eigenvalue weighted by Gasteiger charge is 2.19. The predicted molar refractivity (Wildman–Crippen MR) is 212 cm³/mol. The molecule has 0 amide bonds. The molecular formula is C46H52O7. The molecule has 0 aliphatic carbocycles. The number of methoxy groups -OCH3 is 2. The van der Waals surface area contributed by atoms with E-state index in [1.165, 1.54) is 63.0 Å². The Hall–Kier alpha value is -5.01. The summed E-state index contributed by atoms with van der Waals surface area (Å²) >= 11 is 0. The van der Waals surface area contributed by atoms with Crippen LogP contribution < -0.4 is 19.6 Å². The van der Waals surface area contributed by atoms with Gasteiger partial charge in [-0.1, -0.05) is 118 Å². The first-order valence-corrected chi connectivity index (χ1v) is 19.2. The lowest BCUT2D eigenvalue weighted by molar-refractivity contribution is 0.116. The lowest BCUT2D eigenvalue weighted by Gasteiger charge is -2.12. The molecule has 7 nitrogen and oxygen atoms in total. The molecule has 0 atom stereocenters. The van der Waals surface area contributed by atoms with Crippen molar-refractivity contribution in [1.82, 2.24) is 0 Å². The molecule has 6 aromatic rings. The molecule has 278 valence electrons. The lowest BCUT2D eigenvalue weighted by Crippen LogP contribution is -2.02. The van der Waals surface area contributed by atoms with Gasteiger partial charge in [0.1, 0.15) is 34.8 Å². The molecule has 0 N–H and O–H groups in total. The van der Waals surface area contributed by atoms with Crippen molar-refractivity contribution in [2.45, 2.75) is 90.3 Å². The SMILES string of the molecule is COc1cc(-c2cc(=O)c3c(cc(OC)c4cc(CCCCCCCCCCCCCOCc5ccccc5)oc43)o2)ccc1OCc1ccccc1. The van der Waals surface area contributed by atoms with Crippen LogP contribution in [0.3, 0.4) is 0 Å². The Morgan fingerprint density at radius 3 is 1.85 bits per heavy atom. The van der Waals surface area contributed by atoms with Crippen molar-refractivity contribution in [2.24, 2.45) is 0 Å². The van der Waals surface area contributed by atoms with Crippen molar-refractivity contribution in [1.29, 1.82) is 0 Å². The van der Waals surface area contributed by atoms with E-state index < -0.39 is 0 Å². The van der Waals surface area contributed by atoms with Crippen LogP contribution in [-0.4, -0.2) is 20.8 Å². The molecule has 6 rings (SSSR count). The summed E-state index contributed by atoms with van der Waals surface area (Å²) in [6, 6.07) is 31.1. The van der Waals surface area contributed by atoms with Crippen molar-refractivity contribution in [2.75, 3.05) is 20.8 Å². The fraction of sp³-hybridized carbons (Fsp3) is 0.370. The smallest absolute Gasteiger partial charge is 0.197 e. The van der Waals surface area contributed by atoms with E-state index in [-0.39, 0.29) is 5.43 Å². The van der Waals surface area contributed by atoms with E-state index in [2.05, 4.69) is 24.3 Å². The summed E-state index contributed by atoms with van der Waals surface area (Å²) in [6.45, 7) is 1.98. The molecule has 0 aliphatic heterocycles. The Morgan fingerprint density at radius 2 is 1.19 bits per heavy atom. The van der Waals surface area contributed by atoms with Gasteiger partial charge in [-0.25, -0.2) is 0 Å². The van der Waals surface area contributed by atoms with Crippen LogP contribution in [0.25, 0.3) is 33.3 Å². The van der Waals surface area contributed by atoms with Crippen LogP contribution >= 0.6 is 0 Å². The minimum absolute atomic E-state index is 0.175. The maximum Gasteiger partial charge on any atom is 0.197 e. The predicted octanol–water partition coefficient (Wildman–Crippen LogP) is 11.9. The van der Waals surface area contributed by atoms with Gasteiger partial charge in [-0.15, -0.1) is 0 Å². The zero-order valence-electron chi connectivity index (χ0n) is 31.2. The van der Waals surface area contributed by atoms with E-state index in [0.29, 0.717) is 58.3 Å². The number of rotatable bonds is 22. The van der Waals surface area contributed by atoms with Crippen LogP contribution in [0.2, 0.25) is 0 Å². The molecule has 0 unspecified atom stereocenters. The highest BCUT2D eigenvalue weighted by Crippen LogP contribution is 2.38. The van der Waals surface area contributed by atoms with Crippen molar-refractivity contribution in [3.63, 3.8) is 0 Å². The molecule has 0 saturated carbocycles. The third kappa shape index (κ3) is 10.5. The van der Waals surface area contributed by atoms with E-state index >= 15 is 0 Å². The van der Waals surface area contributed by atoms with Crippen molar-refractivity contribution < 1.29 is 27.8 Å². The first-order chi connectivity index (χ1) is 26.1. The largest absolute Gasteiger partial charge is 0.496 e. The third-order valence-electron chi connectivity index (χ3n) is 9.74. The maximum atomic E-state index is 13.6. The molecule has 0 bridgehead atoms. The Balaban J connectivity index is 0.954. The van der Waals surface area contributed by atoms with Gasteiger partial charge in [-0.2, -0.15) is 0 Å². The summed E-state index contributed by atoms with van der Waals surface area (Å²) in [7, 11) is 3.22. The number of fused-ring (bicyclic) bond motifs is 3. The van der Waals surface area contributed by atoms with Gasteiger partial charge in [0.05, 0.1) is 26.2 Å². The van der Waals surface area contributed by atoms with E-state index in [9.17, 15) is 4.79 Å². The van der Waals surface area contributed by atoms with Crippen molar-refractivity contribution in [3.05, 3.63) is 124 Å². The first-order valence-electron chi connectivity index (χ1n) is 19.2. The van der Waals surface area contributed by atoms with Gasteiger partial charge in [-0.05, 0) is 48.2 Å². The van der Waals surface area contributed by atoms with Gasteiger partial charge in [-0.3, -0.25) is 4.79 Å². The second-order valence-electron chi connectivity index (χ2n) is 13.7. The minimum atomic E-state index is -0.175. The fourth-order valence-corrected chi connectivity index (χ4v) is 6.81. The molecule has 4 aromatic carbocycles. The Kier molecular flexibility index (Phi) is 14.0. The number of hydrogen-bond donors (Lipinski definition) is 0. The highest BCUT2D eigenvalue weighted by molar-refractivity contribution is 6.05. The molecule has 53 heavy (non-hydrogen) atoms. The average Bonchev–Trinajstić information content (AvgIpc) is 3.62. The van der Waals surface area contributed by atoms with Gasteiger partial charge in [0, 0.05) is 30.7 Å². The molecule has 0 saturated heterocycles. The summed E-state index contributed by atoms with van der Waals surface area (Å²) in [6.07, 6.45) is 14.4. The standard InChI is InChI=1S/C46H52O7/c1-48-42-31-44-45(39(47)30-41(53-44)36-25-26-40(43(28-36)49-2)51-33-35-22-16-13-17-23-35)46-38(42)29-37(52-46)24-18-10-8-6-4-3-5-7-9-11-19-27-50-32-34-20-14-12-15-21-34/h12-17,20-23,25-26,28-31H,3-11,18-19,24,27,32-33H2,1-2H3. The van der Waals surface area contributed by atoms with Gasteiger partial charge in [0.2, 0.25) is 0 Å². The quantitative estimate of drug-likeness (QED) is 0.0647. The monoisotopic (exact) mass is 716 g/mol. The Bertz CT molecular complexity index is 2060. The molecule has 0 aliphatic rings. The Morgan fingerprint density at radius 1 is 0.566 bits per heavy atom. The van der Waals surface area contributed by atoms with Crippen molar-refractivity contribution >= 4 is 21.9 Å². The second-order valence-corrected chi connectivity index (χ2v) is 13.7. The van der Waals surface area contributed by atoms with E-state index in [1.807, 2.05) is 60.7 Å². The van der Waals surface area contributed by atoms with Crippen LogP contribution in [-0.2, 0) is 24.4 Å². The van der Waals surface area contributed by atoms with E-state index in [1.54, 1.807) is 20.3 Å². The molecular weight excluding hydrogens is 664 g/mol. The summed E-state index contributed by atoms with van der Waals surface area (Å²) < 4.78 is 35.8. The lowest BCUT2D eigenvalue weighted by atomic mass is 10.0. The first kappa shape index (κ1) is 37.7. The van der Waals surface area contributed by atoms with Gasteiger partial charge < -0.3 is 27.8 Å². The van der Waals surface area contributed by atoms with Gasteiger partial charge in [0.15, 0.2) is 22.5 Å². The number of hydrogen-bond acceptors (Lipinski definition) is 7. The second kappa shape index (κ2) is 19.7. The number of ether oxygens (including phenoxy) is 4. The van der Waals surface area contributed by atoms with Crippen molar-refractivity contribution in [3.8, 4) is 28.6 Å². The Labute approximate surface area is 312 Å². The normalized spacial score (nSPS) is 11.4. The molecule has 2 aromatic heterocycles. The molecule has 0 fully saturated rings. The van der Waals surface area contributed by atoms with Crippen LogP contribution in [0.5, 0.6) is 17.2 Å². The fourth-order valence-electron chi connectivity index (χ4n) is 6.81. The summed E-state index contributed by atoms with van der Waals surface area (Å²) in [5.41, 5.74) is 3.75. The zero-order valence-corrected chi connectivity index (χ0v) is 31.2. The summed E-state index contributed by atoms with van der Waals surface area (Å²) in [4.78, 5) is 13.6. The molecule has 7 heteroatoms. The number of furan rings is 1. The van der Waals surface area contributed by atoms with Gasteiger partial charge >= 0.3 is 0 Å².